The number of fused-ring (bicyclic) bond motifs is 1. The zero-order valence-electron chi connectivity index (χ0n) is 25.2. The molecule has 3 amide bonds. The lowest BCUT2D eigenvalue weighted by Crippen LogP contribution is -2.40. The van der Waals surface area contributed by atoms with Crippen molar-refractivity contribution in [2.45, 2.75) is 59.0 Å². The number of nitrogens with zero attached hydrogens (tertiary/aromatic N) is 1. The highest BCUT2D eigenvalue weighted by molar-refractivity contribution is 6.16. The lowest BCUT2D eigenvalue weighted by molar-refractivity contribution is -0.137. The number of likely N-dealkylation sites (tertiary alicyclic amines) is 1. The molecule has 0 saturated carbocycles. The largest absolute Gasteiger partial charge is 0.507 e. The minimum absolute atomic E-state index is 0.0551. The first-order valence-corrected chi connectivity index (χ1v) is 14.7. The molecule has 9 heteroatoms. The Morgan fingerprint density at radius 3 is 2.37 bits per heavy atom. The number of hydrogen-bond donors (Lipinski definition) is 3. The van der Waals surface area contributed by atoms with Crippen molar-refractivity contribution in [2.24, 2.45) is 17.8 Å². The number of aliphatic hydroxyl groups is 2. The highest BCUT2D eigenvalue weighted by Crippen LogP contribution is 2.46. The number of para-hydroxylation sites is 1. The number of rotatable bonds is 11. The van der Waals surface area contributed by atoms with Crippen LogP contribution >= 0.6 is 0 Å². The maximum atomic E-state index is 13.3. The quantitative estimate of drug-likeness (QED) is 0.243. The third kappa shape index (κ3) is 6.84. The van der Waals surface area contributed by atoms with E-state index in [-0.39, 0.29) is 18.8 Å². The summed E-state index contributed by atoms with van der Waals surface area (Å²) in [5.41, 5.74) is 4.78. The van der Waals surface area contributed by atoms with Crippen molar-refractivity contribution >= 4 is 24.0 Å². The summed E-state index contributed by atoms with van der Waals surface area (Å²) in [6, 6.07) is 13.0. The van der Waals surface area contributed by atoms with Gasteiger partial charge in [0.2, 0.25) is 11.8 Å². The number of aliphatic hydroxyl groups excluding tert-OH is 2. The molecule has 2 aromatic carbocycles. The van der Waals surface area contributed by atoms with Crippen LogP contribution < -0.4 is 4.74 Å². The summed E-state index contributed by atoms with van der Waals surface area (Å²) < 4.78 is 10.7. The van der Waals surface area contributed by atoms with E-state index in [1.54, 1.807) is 12.1 Å². The topological polar surface area (TPSA) is 134 Å². The summed E-state index contributed by atoms with van der Waals surface area (Å²) in [6.07, 6.45) is 2.70. The molecule has 0 spiro atoms. The average Bonchev–Trinajstić information content (AvgIpc) is 3.25. The molecule has 1 aliphatic heterocycles. The Hall–Kier alpha value is -3.95. The van der Waals surface area contributed by atoms with Gasteiger partial charge in [-0.1, -0.05) is 43.2 Å². The van der Waals surface area contributed by atoms with Crippen LogP contribution in [0.25, 0.3) is 6.08 Å². The van der Waals surface area contributed by atoms with E-state index in [0.29, 0.717) is 34.6 Å². The number of methoxy groups -OCH3 is 1. The second-order valence-corrected chi connectivity index (χ2v) is 11.4. The van der Waals surface area contributed by atoms with Gasteiger partial charge in [0.1, 0.15) is 18.1 Å². The lowest BCUT2D eigenvalue weighted by atomic mass is 9.68. The summed E-state index contributed by atoms with van der Waals surface area (Å²) in [6.45, 7) is 5.37. The first-order valence-electron chi connectivity index (χ1n) is 14.7. The van der Waals surface area contributed by atoms with E-state index < -0.39 is 48.4 Å². The first-order chi connectivity index (χ1) is 20.6. The summed E-state index contributed by atoms with van der Waals surface area (Å²) in [5.74, 6) is -3.24. The minimum atomic E-state index is -1.06. The van der Waals surface area contributed by atoms with Crippen molar-refractivity contribution < 1.29 is 39.2 Å². The molecule has 230 valence electrons. The van der Waals surface area contributed by atoms with Gasteiger partial charge in [-0.3, -0.25) is 9.59 Å². The molecule has 3 N–H and O–H groups in total. The average molecular weight is 592 g/mol. The van der Waals surface area contributed by atoms with E-state index in [4.69, 9.17) is 4.74 Å². The SMILES string of the molecule is CCC/C(=C\c1cc(C)c(O)c(C)c1)CC[C@@H](O)C1=C(COc2ccccc2)C[C@H]2C(=O)N(C(=O)OC)C(=O)[C@H]2[C@H]1CO. The zero-order valence-corrected chi connectivity index (χ0v) is 25.2. The van der Waals surface area contributed by atoms with Crippen LogP contribution in [0.3, 0.4) is 0 Å². The van der Waals surface area contributed by atoms with Crippen LogP contribution in [0.15, 0.2) is 59.2 Å². The number of benzene rings is 2. The third-order valence-electron chi connectivity index (χ3n) is 8.45. The zero-order chi connectivity index (χ0) is 31.3. The summed E-state index contributed by atoms with van der Waals surface area (Å²) in [7, 11) is 1.10. The summed E-state index contributed by atoms with van der Waals surface area (Å²) in [4.78, 5) is 39.4. The van der Waals surface area contributed by atoms with Gasteiger partial charge in [-0.05, 0) is 91.6 Å². The van der Waals surface area contributed by atoms with Crippen molar-refractivity contribution in [3.05, 3.63) is 75.9 Å². The highest BCUT2D eigenvalue weighted by atomic mass is 16.5. The molecule has 1 fully saturated rings. The molecular formula is C34H41NO8. The Kier molecular flexibility index (Phi) is 10.4. The van der Waals surface area contributed by atoms with E-state index in [2.05, 4.69) is 17.7 Å². The molecule has 0 unspecified atom stereocenters. The van der Waals surface area contributed by atoms with Gasteiger partial charge in [0.25, 0.3) is 0 Å². The standard InChI is InChI=1S/C34H41NO8/c1-5-9-22(16-23-14-20(2)31(38)21(3)15-23)12-13-28(37)29-24(19-43-25-10-7-6-8-11-25)17-26-30(27(29)18-36)33(40)35(32(26)39)34(41)42-4/h6-8,10-11,14-16,26-28,30,36-38H,5,9,12-13,17-19H2,1-4H3/b22-16+/t26-,27+,28-,30-/m1/s1. The van der Waals surface area contributed by atoms with E-state index in [0.717, 1.165) is 42.2 Å². The van der Waals surface area contributed by atoms with Crippen molar-refractivity contribution in [3.8, 4) is 11.5 Å². The van der Waals surface area contributed by atoms with E-state index in [1.807, 2.05) is 44.2 Å². The number of carbonyl (C=O) groups excluding carboxylic acids is 3. The van der Waals surface area contributed by atoms with Gasteiger partial charge in [0, 0.05) is 5.92 Å². The Morgan fingerprint density at radius 2 is 1.77 bits per heavy atom. The number of amides is 3. The normalized spacial score (nSPS) is 21.2. The number of imide groups is 3. The van der Waals surface area contributed by atoms with Crippen LogP contribution in [0.5, 0.6) is 11.5 Å². The molecule has 0 radical (unpaired) electrons. The number of aryl methyl sites for hydroxylation is 2. The fourth-order valence-electron chi connectivity index (χ4n) is 6.43. The van der Waals surface area contributed by atoms with Crippen molar-refractivity contribution in [1.82, 2.24) is 4.90 Å². The third-order valence-corrected chi connectivity index (χ3v) is 8.45. The fourth-order valence-corrected chi connectivity index (χ4v) is 6.43. The van der Waals surface area contributed by atoms with Gasteiger partial charge in [0.15, 0.2) is 0 Å². The van der Waals surface area contributed by atoms with Crippen LogP contribution in [0.2, 0.25) is 0 Å². The van der Waals surface area contributed by atoms with E-state index >= 15 is 0 Å². The number of ether oxygens (including phenoxy) is 2. The molecule has 1 heterocycles. The monoisotopic (exact) mass is 591 g/mol. The molecular weight excluding hydrogens is 550 g/mol. The highest BCUT2D eigenvalue weighted by Gasteiger charge is 2.57. The van der Waals surface area contributed by atoms with Crippen LogP contribution in [0.1, 0.15) is 55.7 Å². The fraction of sp³-hybridized carbons (Fsp3) is 0.441. The first kappa shape index (κ1) is 32.0. The second-order valence-electron chi connectivity index (χ2n) is 11.4. The Labute approximate surface area is 252 Å². The predicted molar refractivity (Wildman–Crippen MR) is 161 cm³/mol. The van der Waals surface area contributed by atoms with E-state index in [9.17, 15) is 29.7 Å². The van der Waals surface area contributed by atoms with E-state index in [1.165, 1.54) is 0 Å². The number of hydrogen-bond acceptors (Lipinski definition) is 8. The van der Waals surface area contributed by atoms with Gasteiger partial charge in [-0.25, -0.2) is 4.79 Å². The Bertz CT molecular complexity index is 1390. The van der Waals surface area contributed by atoms with Crippen LogP contribution in [0.4, 0.5) is 4.79 Å². The second kappa shape index (κ2) is 14.0. The lowest BCUT2D eigenvalue weighted by Gasteiger charge is -2.36. The molecule has 1 aliphatic carbocycles. The Morgan fingerprint density at radius 1 is 1.09 bits per heavy atom. The van der Waals surface area contributed by atoms with Gasteiger partial charge in [-0.2, -0.15) is 4.90 Å². The number of allylic oxidation sites excluding steroid dienone is 1. The smallest absolute Gasteiger partial charge is 0.423 e. The summed E-state index contributed by atoms with van der Waals surface area (Å²) >= 11 is 0. The molecule has 4 rings (SSSR count). The molecule has 2 aromatic rings. The van der Waals surface area contributed by atoms with Crippen LogP contribution in [0, 0.1) is 31.6 Å². The molecule has 4 atom stereocenters. The molecule has 0 aromatic heterocycles. The maximum absolute atomic E-state index is 13.3. The predicted octanol–water partition coefficient (Wildman–Crippen LogP) is 5.09. The van der Waals surface area contributed by atoms with Crippen molar-refractivity contribution in [3.63, 3.8) is 0 Å². The van der Waals surface area contributed by atoms with Gasteiger partial charge < -0.3 is 24.8 Å². The van der Waals surface area contributed by atoms with Crippen molar-refractivity contribution in [1.29, 1.82) is 0 Å². The van der Waals surface area contributed by atoms with Gasteiger partial charge in [-0.15, -0.1) is 0 Å². The molecule has 0 bridgehead atoms. The Balaban J connectivity index is 1.65. The van der Waals surface area contributed by atoms with Crippen LogP contribution in [-0.2, 0) is 14.3 Å². The van der Waals surface area contributed by atoms with Crippen LogP contribution in [-0.4, -0.2) is 64.6 Å². The molecule has 1 saturated heterocycles. The summed E-state index contributed by atoms with van der Waals surface area (Å²) in [5, 5.41) is 32.4. The molecule has 9 nitrogen and oxygen atoms in total. The number of carbonyl (C=O) groups is 3. The number of phenols is 1. The minimum Gasteiger partial charge on any atom is -0.507 e. The number of aromatic hydroxyl groups is 1. The van der Waals surface area contributed by atoms with Gasteiger partial charge >= 0.3 is 6.09 Å². The van der Waals surface area contributed by atoms with Crippen molar-refractivity contribution in [2.75, 3.05) is 20.3 Å². The maximum Gasteiger partial charge on any atom is 0.423 e. The number of phenolic OH excluding ortho intramolecular Hbond substituents is 1. The van der Waals surface area contributed by atoms with Gasteiger partial charge in [0.05, 0.1) is 31.7 Å². The molecule has 2 aliphatic rings. The molecule has 43 heavy (non-hydrogen) atoms.